The van der Waals surface area contributed by atoms with Crippen molar-refractivity contribution in [1.29, 1.82) is 0 Å². The normalized spacial score (nSPS) is 23.4. The monoisotopic (exact) mass is 242 g/mol. The van der Waals surface area contributed by atoms with Crippen molar-refractivity contribution >= 4 is 5.97 Å². The van der Waals surface area contributed by atoms with Crippen LogP contribution >= 0.6 is 0 Å². The molecule has 1 saturated carbocycles. The average molecular weight is 242 g/mol. The lowest BCUT2D eigenvalue weighted by molar-refractivity contribution is -0.160. The summed E-state index contributed by atoms with van der Waals surface area (Å²) in [5, 5.41) is 9.22. The molecule has 1 unspecified atom stereocenters. The highest BCUT2D eigenvalue weighted by molar-refractivity contribution is 5.73. The molecule has 3 nitrogen and oxygen atoms in total. The van der Waals surface area contributed by atoms with Crippen molar-refractivity contribution < 1.29 is 14.6 Å². The second-order valence-electron chi connectivity index (χ2n) is 6.71. The van der Waals surface area contributed by atoms with Crippen molar-refractivity contribution in [2.75, 3.05) is 7.11 Å². The maximum atomic E-state index is 11.2. The lowest BCUT2D eigenvalue weighted by Crippen LogP contribution is -2.45. The first-order valence-electron chi connectivity index (χ1n) is 6.46. The first-order valence-corrected chi connectivity index (χ1v) is 6.46. The lowest BCUT2D eigenvalue weighted by atomic mass is 9.63. The Labute approximate surface area is 105 Å². The second kappa shape index (κ2) is 4.97. The van der Waals surface area contributed by atoms with Crippen LogP contribution < -0.4 is 0 Å². The molecule has 100 valence electrons. The Morgan fingerprint density at radius 3 is 2.18 bits per heavy atom. The predicted octanol–water partition coefficient (Wildman–Crippen LogP) is 3.33. The van der Waals surface area contributed by atoms with Crippen LogP contribution in [0.4, 0.5) is 0 Å². The zero-order valence-electron chi connectivity index (χ0n) is 11.7. The third-order valence-corrected chi connectivity index (χ3v) is 4.53. The van der Waals surface area contributed by atoms with Crippen LogP contribution in [0.25, 0.3) is 0 Å². The van der Waals surface area contributed by atoms with Crippen LogP contribution in [0.15, 0.2) is 0 Å². The molecule has 0 bridgehead atoms. The molecule has 1 N–H and O–H groups in total. The van der Waals surface area contributed by atoms with Crippen LogP contribution in [0.2, 0.25) is 0 Å². The molecule has 1 aliphatic rings. The minimum Gasteiger partial charge on any atom is -0.479 e. The Balaban J connectivity index is 2.74. The summed E-state index contributed by atoms with van der Waals surface area (Å²) in [5.74, 6) is -0.404. The molecule has 0 heterocycles. The molecule has 1 aliphatic carbocycles. The maximum absolute atomic E-state index is 11.2. The Kier molecular flexibility index (Phi) is 4.23. The van der Waals surface area contributed by atoms with E-state index < -0.39 is 12.1 Å². The van der Waals surface area contributed by atoms with Crippen LogP contribution in [0.3, 0.4) is 0 Å². The summed E-state index contributed by atoms with van der Waals surface area (Å²) < 4.78 is 5.18. The van der Waals surface area contributed by atoms with E-state index in [0.29, 0.717) is 11.3 Å². The van der Waals surface area contributed by atoms with Crippen LogP contribution in [0.5, 0.6) is 0 Å². The van der Waals surface area contributed by atoms with Crippen LogP contribution in [-0.2, 0) is 9.53 Å². The number of rotatable bonds is 4. The summed E-state index contributed by atoms with van der Waals surface area (Å²) >= 11 is 0. The molecule has 0 spiro atoms. The van der Waals surface area contributed by atoms with Crippen LogP contribution in [0.1, 0.15) is 53.4 Å². The third kappa shape index (κ3) is 3.21. The average Bonchev–Trinajstić information content (AvgIpc) is 2.16. The molecule has 0 aliphatic heterocycles. The largest absolute Gasteiger partial charge is 0.479 e. The van der Waals surface area contributed by atoms with E-state index in [9.17, 15) is 9.90 Å². The van der Waals surface area contributed by atoms with Gasteiger partial charge in [0.15, 0.2) is 6.10 Å². The van der Waals surface area contributed by atoms with E-state index in [4.69, 9.17) is 4.74 Å². The van der Waals surface area contributed by atoms with Gasteiger partial charge in [-0.05, 0) is 37.0 Å². The molecule has 0 aromatic heterocycles. The number of methoxy groups -OCH3 is 1. The van der Waals surface area contributed by atoms with Gasteiger partial charge in [-0.3, -0.25) is 0 Å². The molecule has 1 atom stereocenters. The molecular formula is C14H26O3. The number of carboxylic acids is 1. The van der Waals surface area contributed by atoms with Gasteiger partial charge < -0.3 is 9.84 Å². The molecule has 1 fully saturated rings. The molecule has 0 aromatic rings. The smallest absolute Gasteiger partial charge is 0.333 e. The van der Waals surface area contributed by atoms with E-state index in [1.54, 1.807) is 0 Å². The number of hydrogen-bond acceptors (Lipinski definition) is 2. The van der Waals surface area contributed by atoms with Crippen molar-refractivity contribution in [3.05, 3.63) is 0 Å². The zero-order chi connectivity index (χ0) is 13.3. The minimum absolute atomic E-state index is 0.295. The number of carboxylic acid groups (broad SMARTS) is 1. The van der Waals surface area contributed by atoms with Crippen molar-refractivity contribution in [1.82, 2.24) is 0 Å². The molecule has 0 radical (unpaired) electrons. The molecule has 1 rings (SSSR count). The summed E-state index contributed by atoms with van der Waals surface area (Å²) in [5.41, 5.74) is 0.120. The Morgan fingerprint density at radius 1 is 1.35 bits per heavy atom. The number of hydrogen-bond donors (Lipinski definition) is 1. The van der Waals surface area contributed by atoms with Gasteiger partial charge in [-0.15, -0.1) is 0 Å². The SMILES string of the molecule is COC(C(=O)O)C(C)(C)C1CCC(C)(C)CC1. The summed E-state index contributed by atoms with van der Waals surface area (Å²) in [6.45, 7) is 8.64. The van der Waals surface area contributed by atoms with Gasteiger partial charge in [0.05, 0.1) is 0 Å². The van der Waals surface area contributed by atoms with E-state index in [2.05, 4.69) is 13.8 Å². The molecule has 3 heteroatoms. The van der Waals surface area contributed by atoms with Gasteiger partial charge in [-0.1, -0.05) is 27.7 Å². The van der Waals surface area contributed by atoms with Gasteiger partial charge in [0.2, 0.25) is 0 Å². The van der Waals surface area contributed by atoms with E-state index in [-0.39, 0.29) is 5.41 Å². The molecule has 0 saturated heterocycles. The molecular weight excluding hydrogens is 216 g/mol. The van der Waals surface area contributed by atoms with Crippen molar-refractivity contribution in [2.45, 2.75) is 59.5 Å². The van der Waals surface area contributed by atoms with Gasteiger partial charge in [0, 0.05) is 12.5 Å². The minimum atomic E-state index is -0.845. The van der Waals surface area contributed by atoms with Gasteiger partial charge in [0.25, 0.3) is 0 Å². The van der Waals surface area contributed by atoms with Gasteiger partial charge in [-0.25, -0.2) is 4.79 Å². The van der Waals surface area contributed by atoms with Gasteiger partial charge in [0.1, 0.15) is 0 Å². The number of ether oxygens (including phenoxy) is 1. The summed E-state index contributed by atoms with van der Waals surface area (Å²) in [4.78, 5) is 11.2. The first kappa shape index (κ1) is 14.5. The van der Waals surface area contributed by atoms with E-state index in [0.717, 1.165) is 12.8 Å². The fraction of sp³-hybridized carbons (Fsp3) is 0.929. The van der Waals surface area contributed by atoms with Crippen molar-refractivity contribution in [2.24, 2.45) is 16.7 Å². The highest BCUT2D eigenvalue weighted by Gasteiger charge is 2.44. The topological polar surface area (TPSA) is 46.5 Å². The summed E-state index contributed by atoms with van der Waals surface area (Å²) in [6.07, 6.45) is 3.86. The predicted molar refractivity (Wildman–Crippen MR) is 68.0 cm³/mol. The van der Waals surface area contributed by atoms with Crippen LogP contribution in [0, 0.1) is 16.7 Å². The highest BCUT2D eigenvalue weighted by Crippen LogP contribution is 2.46. The number of aliphatic carboxylic acids is 1. The van der Waals surface area contributed by atoms with Crippen molar-refractivity contribution in [3.63, 3.8) is 0 Å². The Hall–Kier alpha value is -0.570. The quantitative estimate of drug-likeness (QED) is 0.822. The van der Waals surface area contributed by atoms with Crippen molar-refractivity contribution in [3.8, 4) is 0 Å². The van der Waals surface area contributed by atoms with Crippen LogP contribution in [-0.4, -0.2) is 24.3 Å². The van der Waals surface area contributed by atoms with E-state index >= 15 is 0 Å². The third-order valence-electron chi connectivity index (χ3n) is 4.53. The molecule has 0 aromatic carbocycles. The fourth-order valence-electron chi connectivity index (χ4n) is 3.08. The maximum Gasteiger partial charge on any atom is 0.333 e. The van der Waals surface area contributed by atoms with Gasteiger partial charge in [-0.2, -0.15) is 0 Å². The molecule has 17 heavy (non-hydrogen) atoms. The Morgan fingerprint density at radius 2 is 1.82 bits per heavy atom. The van der Waals surface area contributed by atoms with E-state index in [1.807, 2.05) is 13.8 Å². The Bertz CT molecular complexity index is 271. The summed E-state index contributed by atoms with van der Waals surface area (Å²) in [6, 6.07) is 0. The van der Waals surface area contributed by atoms with Gasteiger partial charge >= 0.3 is 5.97 Å². The summed E-state index contributed by atoms with van der Waals surface area (Å²) in [7, 11) is 1.49. The highest BCUT2D eigenvalue weighted by atomic mass is 16.5. The molecule has 0 amide bonds. The van der Waals surface area contributed by atoms with E-state index in [1.165, 1.54) is 20.0 Å². The lowest BCUT2D eigenvalue weighted by Gasteiger charge is -2.44. The zero-order valence-corrected chi connectivity index (χ0v) is 11.7. The fourth-order valence-corrected chi connectivity index (χ4v) is 3.08. The number of carbonyl (C=O) groups is 1. The standard InChI is InChI=1S/C14H26O3/c1-13(2)8-6-10(7-9-13)14(3,4)11(17-5)12(15)16/h10-11H,6-9H2,1-5H3,(H,15,16). The first-order chi connectivity index (χ1) is 7.70. The second-order valence-corrected chi connectivity index (χ2v) is 6.71.